The van der Waals surface area contributed by atoms with E-state index in [1.54, 1.807) is 12.1 Å². The van der Waals surface area contributed by atoms with Crippen molar-refractivity contribution in [2.24, 2.45) is 5.73 Å². The molecule has 2 aromatic carbocycles. The number of aliphatic hydroxyl groups is 1. The molecule has 0 saturated heterocycles. The molecule has 218 valence electrons. The molecule has 13 heteroatoms. The summed E-state index contributed by atoms with van der Waals surface area (Å²) in [7, 11) is 0. The van der Waals surface area contributed by atoms with Crippen LogP contribution in [-0.2, 0) is 17.8 Å². The molecule has 7 N–H and O–H groups in total. The van der Waals surface area contributed by atoms with Gasteiger partial charge in [-0.15, -0.1) is 0 Å². The number of alkyl halides is 3. The molecule has 41 heavy (non-hydrogen) atoms. The number of carboxylic acid groups (broad SMARTS) is 1. The highest BCUT2D eigenvalue weighted by Crippen LogP contribution is 2.34. The number of rotatable bonds is 9. The van der Waals surface area contributed by atoms with Crippen LogP contribution in [0.3, 0.4) is 0 Å². The van der Waals surface area contributed by atoms with Gasteiger partial charge in [-0.3, -0.25) is 4.79 Å². The van der Waals surface area contributed by atoms with Gasteiger partial charge in [-0.05, 0) is 66.4 Å². The van der Waals surface area contributed by atoms with Crippen LogP contribution in [0.25, 0.3) is 22.3 Å². The fourth-order valence-corrected chi connectivity index (χ4v) is 4.00. The summed E-state index contributed by atoms with van der Waals surface area (Å²) in [6.07, 6.45) is -2.86. The maximum atomic E-state index is 13.4. The fraction of sp³-hybridized carbons (Fsp3) is 0.250. The third kappa shape index (κ3) is 7.80. The number of hydrogen-bond acceptors (Lipinski definition) is 6. The van der Waals surface area contributed by atoms with E-state index in [1.165, 1.54) is 18.3 Å². The largest absolute Gasteiger partial charge is 0.490 e. The standard InChI is InChI=1S/C26H28FN5O2.C2HF3O2/c1-3-19-17(12-29-15(2)14-33)5-4-6-22(19)31-24-20-11-23(16-7-9-18(27)10-8-16)32-26(20)30-13-21(24)25(28)34;3-2(4,5)1(6)7/h4-11,13,15,29,33H,3,12,14H2,1-2H3,(H2,28,34)(H2,30,31,32);(H,6,7). The number of H-pyrrole nitrogens is 1. The van der Waals surface area contributed by atoms with Gasteiger partial charge in [0.25, 0.3) is 5.91 Å². The second-order valence-corrected chi connectivity index (χ2v) is 9.05. The minimum absolute atomic E-state index is 0.0210. The van der Waals surface area contributed by atoms with Gasteiger partial charge in [0.15, 0.2) is 0 Å². The Labute approximate surface area is 232 Å². The smallest absolute Gasteiger partial charge is 0.475 e. The van der Waals surface area contributed by atoms with Crippen LogP contribution in [0.15, 0.2) is 54.7 Å². The molecule has 1 atom stereocenters. The van der Waals surface area contributed by atoms with Crippen molar-refractivity contribution in [1.29, 1.82) is 0 Å². The Morgan fingerprint density at radius 1 is 1.15 bits per heavy atom. The molecule has 2 heterocycles. The summed E-state index contributed by atoms with van der Waals surface area (Å²) in [5.41, 5.74) is 11.7. The van der Waals surface area contributed by atoms with Crippen LogP contribution >= 0.6 is 0 Å². The van der Waals surface area contributed by atoms with Gasteiger partial charge >= 0.3 is 12.1 Å². The molecule has 0 aliphatic rings. The van der Waals surface area contributed by atoms with E-state index in [-0.39, 0.29) is 24.0 Å². The number of aliphatic carboxylic acids is 1. The first-order valence-electron chi connectivity index (χ1n) is 12.4. The molecule has 0 bridgehead atoms. The van der Waals surface area contributed by atoms with E-state index in [1.807, 2.05) is 31.2 Å². The van der Waals surface area contributed by atoms with Crippen molar-refractivity contribution in [2.45, 2.75) is 39.0 Å². The Balaban J connectivity index is 0.000000587. The predicted octanol–water partition coefficient (Wildman–Crippen LogP) is 4.88. The first-order chi connectivity index (χ1) is 19.3. The Kier molecular flexibility index (Phi) is 10.0. The monoisotopic (exact) mass is 575 g/mol. The van der Waals surface area contributed by atoms with Gasteiger partial charge in [-0.2, -0.15) is 13.2 Å². The summed E-state index contributed by atoms with van der Waals surface area (Å²) in [5.74, 6) is -3.66. The molecule has 1 amide bonds. The highest BCUT2D eigenvalue weighted by Gasteiger charge is 2.38. The van der Waals surface area contributed by atoms with Crippen LogP contribution in [0, 0.1) is 5.82 Å². The van der Waals surface area contributed by atoms with E-state index in [0.717, 1.165) is 34.5 Å². The Hall–Kier alpha value is -4.49. The third-order valence-corrected chi connectivity index (χ3v) is 6.12. The van der Waals surface area contributed by atoms with Crippen LogP contribution in [0.5, 0.6) is 0 Å². The molecule has 1 unspecified atom stereocenters. The zero-order valence-corrected chi connectivity index (χ0v) is 22.1. The van der Waals surface area contributed by atoms with Gasteiger partial charge in [0.1, 0.15) is 11.5 Å². The lowest BCUT2D eigenvalue weighted by atomic mass is 10.0. The number of nitrogens with two attached hydrogens (primary N) is 1. The average Bonchev–Trinajstić information content (AvgIpc) is 3.37. The fourth-order valence-electron chi connectivity index (χ4n) is 4.00. The van der Waals surface area contributed by atoms with Crippen LogP contribution in [-0.4, -0.2) is 50.9 Å². The molecule has 9 nitrogen and oxygen atoms in total. The summed E-state index contributed by atoms with van der Waals surface area (Å²) in [6.45, 7) is 4.65. The minimum Gasteiger partial charge on any atom is -0.475 e. The number of carbonyl (C=O) groups excluding carboxylic acids is 1. The molecule has 0 aliphatic heterocycles. The zero-order chi connectivity index (χ0) is 30.3. The van der Waals surface area contributed by atoms with E-state index in [0.29, 0.717) is 23.3 Å². The lowest BCUT2D eigenvalue weighted by Crippen LogP contribution is -2.29. The minimum atomic E-state index is -5.08. The molecule has 0 spiro atoms. The normalized spacial score (nSPS) is 12.0. The lowest BCUT2D eigenvalue weighted by Gasteiger charge is -2.18. The molecular weight excluding hydrogens is 546 g/mol. The van der Waals surface area contributed by atoms with E-state index < -0.39 is 18.1 Å². The summed E-state index contributed by atoms with van der Waals surface area (Å²) in [6, 6.07) is 14.0. The zero-order valence-electron chi connectivity index (χ0n) is 22.1. The van der Waals surface area contributed by atoms with Crippen molar-refractivity contribution in [3.63, 3.8) is 0 Å². The SMILES string of the molecule is CCc1c(CNC(C)CO)cccc1Nc1c(C(N)=O)cnc2[nH]c(-c3ccc(F)cc3)cc12.O=C(O)C(F)(F)F. The number of halogens is 4. The predicted molar refractivity (Wildman–Crippen MR) is 146 cm³/mol. The number of carbonyl (C=O) groups is 2. The molecule has 4 rings (SSSR count). The quantitative estimate of drug-likeness (QED) is 0.156. The molecule has 0 radical (unpaired) electrons. The number of anilines is 2. The van der Waals surface area contributed by atoms with Crippen LogP contribution in [0.2, 0.25) is 0 Å². The van der Waals surface area contributed by atoms with E-state index >= 15 is 0 Å². The van der Waals surface area contributed by atoms with Crippen LogP contribution in [0.1, 0.15) is 35.3 Å². The maximum Gasteiger partial charge on any atom is 0.490 e. The lowest BCUT2D eigenvalue weighted by molar-refractivity contribution is -0.192. The van der Waals surface area contributed by atoms with Crippen molar-refractivity contribution in [3.8, 4) is 11.3 Å². The van der Waals surface area contributed by atoms with Crippen molar-refractivity contribution >= 4 is 34.3 Å². The second-order valence-electron chi connectivity index (χ2n) is 9.05. The summed E-state index contributed by atoms with van der Waals surface area (Å²) in [5, 5.41) is 23.9. The van der Waals surface area contributed by atoms with Gasteiger partial charge in [-0.1, -0.05) is 19.1 Å². The number of primary amides is 1. The molecule has 0 fully saturated rings. The van der Waals surface area contributed by atoms with E-state index in [9.17, 15) is 27.5 Å². The Bertz CT molecular complexity index is 1520. The van der Waals surface area contributed by atoms with Gasteiger partial charge in [-0.25, -0.2) is 14.2 Å². The Morgan fingerprint density at radius 2 is 1.80 bits per heavy atom. The summed E-state index contributed by atoms with van der Waals surface area (Å²) in [4.78, 5) is 28.8. The van der Waals surface area contributed by atoms with E-state index in [4.69, 9.17) is 15.6 Å². The number of aromatic amines is 1. The van der Waals surface area contributed by atoms with Crippen molar-refractivity contribution in [2.75, 3.05) is 11.9 Å². The summed E-state index contributed by atoms with van der Waals surface area (Å²) < 4.78 is 45.1. The van der Waals surface area contributed by atoms with Crippen molar-refractivity contribution in [1.82, 2.24) is 15.3 Å². The third-order valence-electron chi connectivity index (χ3n) is 6.12. The van der Waals surface area contributed by atoms with Gasteiger partial charge in [0, 0.05) is 35.6 Å². The van der Waals surface area contributed by atoms with Gasteiger partial charge < -0.3 is 31.6 Å². The molecule has 0 saturated carbocycles. The highest BCUT2D eigenvalue weighted by molar-refractivity contribution is 6.08. The number of pyridine rings is 1. The number of carboxylic acids is 1. The second kappa shape index (κ2) is 13.2. The number of benzene rings is 2. The van der Waals surface area contributed by atoms with Crippen LogP contribution in [0.4, 0.5) is 28.9 Å². The first-order valence-corrected chi connectivity index (χ1v) is 12.4. The summed E-state index contributed by atoms with van der Waals surface area (Å²) >= 11 is 0. The molecule has 4 aromatic rings. The average molecular weight is 576 g/mol. The highest BCUT2D eigenvalue weighted by atomic mass is 19.4. The first kappa shape index (κ1) is 31.0. The van der Waals surface area contributed by atoms with Gasteiger partial charge in [0.2, 0.25) is 0 Å². The maximum absolute atomic E-state index is 13.4. The number of hydrogen-bond donors (Lipinski definition) is 6. The van der Waals surface area contributed by atoms with E-state index in [2.05, 4.69) is 27.5 Å². The molecule has 2 aromatic heterocycles. The molecular formula is C28H29F4N5O4. The van der Waals surface area contributed by atoms with Crippen molar-refractivity contribution < 1.29 is 37.4 Å². The number of aliphatic hydroxyl groups excluding tert-OH is 1. The number of aromatic nitrogens is 2. The van der Waals surface area contributed by atoms with Gasteiger partial charge in [0.05, 0.1) is 17.9 Å². The molecule has 0 aliphatic carbocycles. The number of fused-ring (bicyclic) bond motifs is 1. The van der Waals surface area contributed by atoms with Crippen LogP contribution < -0.4 is 16.4 Å². The number of nitrogens with one attached hydrogen (secondary N) is 3. The Morgan fingerprint density at radius 3 is 2.37 bits per heavy atom. The number of amides is 1. The number of nitrogens with zero attached hydrogens (tertiary/aromatic N) is 1. The van der Waals surface area contributed by atoms with Crippen molar-refractivity contribution in [3.05, 3.63) is 77.2 Å². The topological polar surface area (TPSA) is 153 Å².